The van der Waals surface area contributed by atoms with Crippen LogP contribution >= 0.6 is 0 Å². The van der Waals surface area contributed by atoms with E-state index >= 15 is 0 Å². The molecule has 2 aliphatic rings. The van der Waals surface area contributed by atoms with Crippen LogP contribution in [-0.4, -0.2) is 10.8 Å². The van der Waals surface area contributed by atoms with E-state index in [9.17, 15) is 0 Å². The van der Waals surface area contributed by atoms with Gasteiger partial charge in [-0.2, -0.15) is 0 Å². The first-order chi connectivity index (χ1) is 29.2. The lowest BCUT2D eigenvalue weighted by Gasteiger charge is -2.28. The lowest BCUT2D eigenvalue weighted by atomic mass is 9.97. The number of benzene rings is 8. The van der Waals surface area contributed by atoms with E-state index in [4.69, 9.17) is 9.98 Å². The van der Waals surface area contributed by atoms with Gasteiger partial charge in [-0.15, -0.1) is 0 Å². The van der Waals surface area contributed by atoms with Gasteiger partial charge in [0.2, 0.25) is 0 Å². The minimum absolute atomic E-state index is 0.0441. The van der Waals surface area contributed by atoms with E-state index in [1.807, 2.05) is 18.3 Å². The van der Waals surface area contributed by atoms with Crippen molar-refractivity contribution in [2.24, 2.45) is 4.99 Å². The highest BCUT2D eigenvalue weighted by atomic mass is 15.3. The average Bonchev–Trinajstić information content (AvgIpc) is 3.74. The second-order valence-corrected chi connectivity index (χ2v) is 15.1. The van der Waals surface area contributed by atoms with Crippen LogP contribution in [0.4, 0.5) is 17.1 Å². The number of nitrogens with zero attached hydrogens (tertiary/aromatic N) is 3. The van der Waals surface area contributed by atoms with Gasteiger partial charge in [0, 0.05) is 33.6 Å². The number of pyridine rings is 1. The molecule has 0 saturated heterocycles. The molecule has 9 aromatic rings. The molecule has 1 aromatic heterocycles. The van der Waals surface area contributed by atoms with Crippen LogP contribution in [0.15, 0.2) is 217 Å². The normalized spacial score (nSPS) is 15.9. The van der Waals surface area contributed by atoms with E-state index in [0.717, 1.165) is 67.1 Å². The van der Waals surface area contributed by atoms with E-state index in [1.165, 1.54) is 27.6 Å². The number of amidine groups is 1. The number of nitrogens with one attached hydrogen (secondary N) is 2. The Balaban J connectivity index is 0.962. The van der Waals surface area contributed by atoms with Crippen molar-refractivity contribution in [1.29, 1.82) is 0 Å². The minimum atomic E-state index is -0.107. The van der Waals surface area contributed by atoms with E-state index in [0.29, 0.717) is 0 Å². The average molecular weight is 758 g/mol. The molecule has 2 unspecified atom stereocenters. The summed E-state index contributed by atoms with van der Waals surface area (Å²) in [5.41, 5.74) is 14.5. The highest BCUT2D eigenvalue weighted by molar-refractivity contribution is 6.21. The van der Waals surface area contributed by atoms with E-state index < -0.39 is 0 Å². The molecular weight excluding hydrogens is 719 g/mol. The van der Waals surface area contributed by atoms with Crippen molar-refractivity contribution in [3.8, 4) is 22.3 Å². The molecule has 0 radical (unpaired) electrons. The fraction of sp³-hybridized carbons (Fsp3) is 0.0370. The van der Waals surface area contributed by atoms with Crippen molar-refractivity contribution in [3.05, 3.63) is 235 Å². The molecule has 2 N–H and O–H groups in total. The smallest absolute Gasteiger partial charge is 0.134 e. The third kappa shape index (κ3) is 6.30. The molecule has 2 atom stereocenters. The predicted molar refractivity (Wildman–Crippen MR) is 245 cm³/mol. The Kier molecular flexibility index (Phi) is 8.55. The summed E-state index contributed by atoms with van der Waals surface area (Å²) in [6.07, 6.45) is 4.02. The largest absolute Gasteiger partial charge is 0.359 e. The second-order valence-electron chi connectivity index (χ2n) is 15.1. The summed E-state index contributed by atoms with van der Waals surface area (Å²) in [6.45, 7) is 0. The topological polar surface area (TPSA) is 52.6 Å². The number of aliphatic imine (C=N–C) groups is 1. The predicted octanol–water partition coefficient (Wildman–Crippen LogP) is 13.1. The molecule has 5 nitrogen and oxygen atoms in total. The summed E-state index contributed by atoms with van der Waals surface area (Å²) in [5.74, 6) is 0.862. The third-order valence-corrected chi connectivity index (χ3v) is 11.6. The van der Waals surface area contributed by atoms with Gasteiger partial charge in [-0.1, -0.05) is 176 Å². The van der Waals surface area contributed by atoms with Gasteiger partial charge in [-0.25, -0.2) is 4.99 Å². The Labute approximate surface area is 343 Å². The van der Waals surface area contributed by atoms with Crippen molar-refractivity contribution < 1.29 is 0 Å². The molecule has 0 spiro atoms. The highest BCUT2D eigenvalue weighted by Crippen LogP contribution is 2.53. The lowest BCUT2D eigenvalue weighted by Crippen LogP contribution is -2.31. The Morgan fingerprint density at radius 3 is 1.80 bits per heavy atom. The van der Waals surface area contributed by atoms with Crippen molar-refractivity contribution >= 4 is 50.3 Å². The number of fused-ring (bicyclic) bond motifs is 6. The number of anilines is 3. The number of hydrogen-bond acceptors (Lipinski definition) is 5. The molecular formula is C54H39N5. The molecule has 11 rings (SSSR count). The zero-order valence-electron chi connectivity index (χ0n) is 32.2. The Morgan fingerprint density at radius 1 is 0.441 bits per heavy atom. The van der Waals surface area contributed by atoms with Crippen LogP contribution in [-0.2, 0) is 0 Å². The Bertz CT molecular complexity index is 3030. The van der Waals surface area contributed by atoms with Crippen LogP contribution in [0.1, 0.15) is 34.5 Å². The molecule has 5 heteroatoms. The maximum Gasteiger partial charge on any atom is 0.134 e. The molecule has 280 valence electrons. The molecule has 8 aromatic carbocycles. The molecule has 3 heterocycles. The van der Waals surface area contributed by atoms with Gasteiger partial charge in [0.15, 0.2) is 0 Å². The van der Waals surface area contributed by atoms with Crippen molar-refractivity contribution in [1.82, 2.24) is 10.3 Å². The summed E-state index contributed by atoms with van der Waals surface area (Å²) in [5, 5.41) is 11.1. The second kappa shape index (κ2) is 14.6. The van der Waals surface area contributed by atoms with Crippen LogP contribution in [0, 0.1) is 0 Å². The van der Waals surface area contributed by atoms with Gasteiger partial charge in [0.05, 0.1) is 28.6 Å². The fourth-order valence-corrected chi connectivity index (χ4v) is 8.66. The fourth-order valence-electron chi connectivity index (χ4n) is 8.66. The summed E-state index contributed by atoms with van der Waals surface area (Å²) in [4.78, 5) is 12.5. The molecule has 0 bridgehead atoms. The van der Waals surface area contributed by atoms with E-state index in [-0.39, 0.29) is 12.2 Å². The first-order valence-electron chi connectivity index (χ1n) is 20.1. The maximum absolute atomic E-state index is 5.19. The maximum atomic E-state index is 5.19. The van der Waals surface area contributed by atoms with Gasteiger partial charge in [0.1, 0.15) is 12.0 Å². The van der Waals surface area contributed by atoms with Crippen molar-refractivity contribution in [2.45, 2.75) is 12.2 Å². The first-order valence-corrected chi connectivity index (χ1v) is 20.1. The number of rotatable bonds is 7. The Hall–Kier alpha value is -7.76. The molecule has 0 amide bonds. The molecule has 0 fully saturated rings. The monoisotopic (exact) mass is 757 g/mol. The third-order valence-electron chi connectivity index (χ3n) is 11.6. The van der Waals surface area contributed by atoms with Gasteiger partial charge in [-0.3, -0.25) is 4.98 Å². The van der Waals surface area contributed by atoms with Gasteiger partial charge in [0.25, 0.3) is 0 Å². The van der Waals surface area contributed by atoms with Crippen LogP contribution in [0.3, 0.4) is 0 Å². The lowest BCUT2D eigenvalue weighted by molar-refractivity contribution is 0.781. The minimum Gasteiger partial charge on any atom is -0.359 e. The van der Waals surface area contributed by atoms with Crippen LogP contribution < -0.4 is 15.5 Å². The molecule has 59 heavy (non-hydrogen) atoms. The van der Waals surface area contributed by atoms with Crippen LogP contribution in [0.25, 0.3) is 49.6 Å². The van der Waals surface area contributed by atoms with Gasteiger partial charge in [-0.05, 0) is 69.3 Å². The van der Waals surface area contributed by atoms with Crippen molar-refractivity contribution in [3.63, 3.8) is 0 Å². The summed E-state index contributed by atoms with van der Waals surface area (Å²) >= 11 is 0. The standard InChI is InChI=1S/C54H39N5/c1-4-14-36(15-5-1)37-25-29-39(30-26-37)48-35-49(57-53(56-48)41-16-6-2-7-17-41)40-31-27-38(28-32-40)43-20-12-21-44(34-43)59-52-46-23-11-10-22-45(46)50-47(24-13-33-55-50)51(52)58-54(59)42-18-8-3-9-19-42/h1-35,48,54,58H,(H,56,57). The van der Waals surface area contributed by atoms with Crippen LogP contribution in [0.5, 0.6) is 0 Å². The number of hydrogen-bond donors (Lipinski definition) is 2. The van der Waals surface area contributed by atoms with Gasteiger partial charge >= 0.3 is 0 Å². The molecule has 0 saturated carbocycles. The highest BCUT2D eigenvalue weighted by Gasteiger charge is 2.35. The van der Waals surface area contributed by atoms with Crippen LogP contribution in [0.2, 0.25) is 0 Å². The van der Waals surface area contributed by atoms with E-state index in [1.54, 1.807) is 0 Å². The summed E-state index contributed by atoms with van der Waals surface area (Å²) < 4.78 is 0. The zero-order chi connectivity index (χ0) is 39.1. The molecule has 2 aliphatic heterocycles. The Morgan fingerprint density at radius 2 is 1.03 bits per heavy atom. The van der Waals surface area contributed by atoms with Crippen molar-refractivity contribution in [2.75, 3.05) is 10.2 Å². The molecule has 0 aliphatic carbocycles. The number of aromatic nitrogens is 1. The summed E-state index contributed by atoms with van der Waals surface area (Å²) in [6, 6.07) is 71.0. The zero-order valence-corrected chi connectivity index (χ0v) is 32.2. The first kappa shape index (κ1) is 34.5. The summed E-state index contributed by atoms with van der Waals surface area (Å²) in [7, 11) is 0. The van der Waals surface area contributed by atoms with Gasteiger partial charge < -0.3 is 15.5 Å². The quantitative estimate of drug-likeness (QED) is 0.159. The SMILES string of the molecule is C1=C(c2ccc(-c3cccc(N4c5c(c6cccnc6c6ccccc56)NC4c4ccccc4)c3)cc2)N=C(c2ccccc2)NC1c1ccc(-c2ccccc2)cc1. The van der Waals surface area contributed by atoms with E-state index in [2.05, 4.69) is 210 Å².